The van der Waals surface area contributed by atoms with Crippen LogP contribution in [0, 0.1) is 0 Å². The zero-order chi connectivity index (χ0) is 14.5. The lowest BCUT2D eigenvalue weighted by atomic mass is 10.1. The third kappa shape index (κ3) is 3.17. The summed E-state index contributed by atoms with van der Waals surface area (Å²) in [5, 5.41) is 4.50. The first-order valence-electron chi connectivity index (χ1n) is 7.00. The lowest BCUT2D eigenvalue weighted by Gasteiger charge is -2.14. The Morgan fingerprint density at radius 1 is 1.30 bits per heavy atom. The van der Waals surface area contributed by atoms with Gasteiger partial charge in [0.05, 0.1) is 13.7 Å². The number of rotatable bonds is 6. The minimum absolute atomic E-state index is 0.123. The van der Waals surface area contributed by atoms with Crippen LogP contribution < -0.4 is 10.5 Å². The first-order chi connectivity index (χ1) is 9.67. The van der Waals surface area contributed by atoms with Gasteiger partial charge >= 0.3 is 0 Å². The van der Waals surface area contributed by atoms with Gasteiger partial charge in [-0.15, -0.1) is 0 Å². The van der Waals surface area contributed by atoms with Crippen molar-refractivity contribution in [2.45, 2.75) is 39.3 Å². The predicted octanol–water partition coefficient (Wildman–Crippen LogP) is 2.11. The molecule has 1 aromatic carbocycles. The van der Waals surface area contributed by atoms with Crippen molar-refractivity contribution in [3.05, 3.63) is 41.5 Å². The van der Waals surface area contributed by atoms with Crippen LogP contribution in [0.1, 0.15) is 37.1 Å². The van der Waals surface area contributed by atoms with Gasteiger partial charge in [-0.3, -0.25) is 0 Å². The summed E-state index contributed by atoms with van der Waals surface area (Å²) in [7, 11) is 1.66. The van der Waals surface area contributed by atoms with Crippen LogP contribution in [-0.4, -0.2) is 21.9 Å². The molecule has 2 aromatic rings. The summed E-state index contributed by atoms with van der Waals surface area (Å²) in [5.41, 5.74) is 7.32. The SMILES string of the molecule is CCc1nc(CC)n(CC(N)c2cccc(OC)c2)n1. The second-order valence-electron chi connectivity index (χ2n) is 4.72. The Morgan fingerprint density at radius 3 is 2.75 bits per heavy atom. The third-order valence-corrected chi connectivity index (χ3v) is 3.32. The molecule has 0 radical (unpaired) electrons. The van der Waals surface area contributed by atoms with Gasteiger partial charge in [0.25, 0.3) is 0 Å². The summed E-state index contributed by atoms with van der Waals surface area (Å²) < 4.78 is 7.15. The van der Waals surface area contributed by atoms with Gasteiger partial charge in [-0.25, -0.2) is 9.67 Å². The van der Waals surface area contributed by atoms with E-state index in [0.29, 0.717) is 6.54 Å². The van der Waals surface area contributed by atoms with E-state index in [-0.39, 0.29) is 6.04 Å². The lowest BCUT2D eigenvalue weighted by molar-refractivity contribution is 0.413. The van der Waals surface area contributed by atoms with Crippen molar-refractivity contribution in [1.29, 1.82) is 0 Å². The van der Waals surface area contributed by atoms with Crippen LogP contribution in [-0.2, 0) is 19.4 Å². The molecule has 0 spiro atoms. The van der Waals surface area contributed by atoms with E-state index in [4.69, 9.17) is 10.5 Å². The summed E-state index contributed by atoms with van der Waals surface area (Å²) in [6.45, 7) is 4.77. The highest BCUT2D eigenvalue weighted by Gasteiger charge is 2.13. The van der Waals surface area contributed by atoms with Gasteiger partial charge in [0, 0.05) is 18.9 Å². The van der Waals surface area contributed by atoms with Gasteiger partial charge in [0.1, 0.15) is 11.6 Å². The highest BCUT2D eigenvalue weighted by Crippen LogP contribution is 2.19. The third-order valence-electron chi connectivity index (χ3n) is 3.32. The second kappa shape index (κ2) is 6.52. The number of hydrogen-bond donors (Lipinski definition) is 1. The number of ether oxygens (including phenoxy) is 1. The molecule has 5 heteroatoms. The first kappa shape index (κ1) is 14.5. The Balaban J connectivity index is 2.18. The van der Waals surface area contributed by atoms with Gasteiger partial charge in [-0.05, 0) is 17.7 Å². The van der Waals surface area contributed by atoms with Crippen LogP contribution >= 0.6 is 0 Å². The molecule has 1 atom stereocenters. The standard InChI is InChI=1S/C15H22N4O/c1-4-14-17-15(5-2)19(18-14)10-13(16)11-7-6-8-12(9-11)20-3/h6-9,13H,4-5,10,16H2,1-3H3. The fourth-order valence-corrected chi connectivity index (χ4v) is 2.15. The Bertz CT molecular complexity index is 565. The monoisotopic (exact) mass is 274 g/mol. The first-order valence-corrected chi connectivity index (χ1v) is 7.00. The van der Waals surface area contributed by atoms with E-state index in [1.54, 1.807) is 7.11 Å². The lowest BCUT2D eigenvalue weighted by Crippen LogP contribution is -2.20. The number of benzene rings is 1. The van der Waals surface area contributed by atoms with E-state index in [1.165, 1.54) is 0 Å². The minimum Gasteiger partial charge on any atom is -0.497 e. The average Bonchev–Trinajstić information content (AvgIpc) is 2.89. The normalized spacial score (nSPS) is 12.4. The van der Waals surface area contributed by atoms with E-state index in [1.807, 2.05) is 28.9 Å². The van der Waals surface area contributed by atoms with Crippen molar-refractivity contribution < 1.29 is 4.74 Å². The van der Waals surface area contributed by atoms with Gasteiger partial charge in [0.15, 0.2) is 5.82 Å². The Kier molecular flexibility index (Phi) is 4.74. The summed E-state index contributed by atoms with van der Waals surface area (Å²) in [5.74, 6) is 2.68. The summed E-state index contributed by atoms with van der Waals surface area (Å²) in [6.07, 6.45) is 1.70. The summed E-state index contributed by atoms with van der Waals surface area (Å²) >= 11 is 0. The zero-order valence-electron chi connectivity index (χ0n) is 12.3. The number of hydrogen-bond acceptors (Lipinski definition) is 4. The van der Waals surface area contributed by atoms with Gasteiger partial charge < -0.3 is 10.5 Å². The Morgan fingerprint density at radius 2 is 2.10 bits per heavy atom. The highest BCUT2D eigenvalue weighted by atomic mass is 16.5. The number of aryl methyl sites for hydroxylation is 2. The fraction of sp³-hybridized carbons (Fsp3) is 0.467. The number of nitrogens with two attached hydrogens (primary N) is 1. The van der Waals surface area contributed by atoms with E-state index in [9.17, 15) is 0 Å². The molecule has 0 bridgehead atoms. The van der Waals surface area contributed by atoms with Crippen LogP contribution in [0.2, 0.25) is 0 Å². The molecule has 2 N–H and O–H groups in total. The molecular weight excluding hydrogens is 252 g/mol. The molecule has 5 nitrogen and oxygen atoms in total. The van der Waals surface area contributed by atoms with E-state index < -0.39 is 0 Å². The largest absolute Gasteiger partial charge is 0.497 e. The maximum Gasteiger partial charge on any atom is 0.150 e. The van der Waals surface area contributed by atoms with Crippen LogP contribution in [0.4, 0.5) is 0 Å². The molecule has 0 saturated carbocycles. The molecule has 20 heavy (non-hydrogen) atoms. The Labute approximate surface area is 119 Å². The molecule has 0 saturated heterocycles. The highest BCUT2D eigenvalue weighted by molar-refractivity contribution is 5.30. The van der Waals surface area contributed by atoms with E-state index in [2.05, 4.69) is 23.9 Å². The number of nitrogens with zero attached hydrogens (tertiary/aromatic N) is 3. The van der Waals surface area contributed by atoms with Crippen LogP contribution in [0.3, 0.4) is 0 Å². The fourth-order valence-electron chi connectivity index (χ4n) is 2.15. The van der Waals surface area contributed by atoms with Crippen molar-refractivity contribution in [3.8, 4) is 5.75 Å². The van der Waals surface area contributed by atoms with Crippen molar-refractivity contribution in [2.75, 3.05) is 7.11 Å². The van der Waals surface area contributed by atoms with Gasteiger partial charge in [0.2, 0.25) is 0 Å². The molecule has 0 aliphatic carbocycles. The van der Waals surface area contributed by atoms with E-state index in [0.717, 1.165) is 35.8 Å². The molecule has 1 aromatic heterocycles. The molecular formula is C15H22N4O. The van der Waals surface area contributed by atoms with Gasteiger partial charge in [-0.2, -0.15) is 5.10 Å². The molecule has 0 aliphatic rings. The molecule has 108 valence electrons. The second-order valence-corrected chi connectivity index (χ2v) is 4.72. The molecule has 1 heterocycles. The number of methoxy groups -OCH3 is 1. The van der Waals surface area contributed by atoms with Crippen LogP contribution in [0.5, 0.6) is 5.75 Å². The predicted molar refractivity (Wildman–Crippen MR) is 78.7 cm³/mol. The number of aromatic nitrogens is 3. The maximum absolute atomic E-state index is 6.28. The topological polar surface area (TPSA) is 66.0 Å². The smallest absolute Gasteiger partial charge is 0.150 e. The summed E-state index contributed by atoms with van der Waals surface area (Å²) in [6, 6.07) is 7.72. The Hall–Kier alpha value is -1.88. The molecule has 1 unspecified atom stereocenters. The zero-order valence-corrected chi connectivity index (χ0v) is 12.3. The van der Waals surface area contributed by atoms with Crippen molar-refractivity contribution in [2.24, 2.45) is 5.73 Å². The van der Waals surface area contributed by atoms with Crippen molar-refractivity contribution in [1.82, 2.24) is 14.8 Å². The quantitative estimate of drug-likeness (QED) is 0.876. The average molecular weight is 274 g/mol. The summed E-state index contributed by atoms with van der Waals surface area (Å²) in [4.78, 5) is 4.50. The van der Waals surface area contributed by atoms with Crippen molar-refractivity contribution >= 4 is 0 Å². The van der Waals surface area contributed by atoms with E-state index >= 15 is 0 Å². The molecule has 0 fully saturated rings. The van der Waals surface area contributed by atoms with Crippen molar-refractivity contribution in [3.63, 3.8) is 0 Å². The molecule has 0 aliphatic heterocycles. The molecule has 0 amide bonds. The maximum atomic E-state index is 6.28. The van der Waals surface area contributed by atoms with Crippen LogP contribution in [0.25, 0.3) is 0 Å². The van der Waals surface area contributed by atoms with Gasteiger partial charge in [-0.1, -0.05) is 26.0 Å². The molecule has 2 rings (SSSR count). The van der Waals surface area contributed by atoms with Crippen LogP contribution in [0.15, 0.2) is 24.3 Å². The minimum atomic E-state index is -0.123.